The molecule has 5 aromatic rings. The van der Waals surface area contributed by atoms with Gasteiger partial charge in [0.25, 0.3) is 0 Å². The molecule has 0 aliphatic carbocycles. The van der Waals surface area contributed by atoms with Crippen LogP contribution in [0.2, 0.25) is 5.02 Å². The lowest BCUT2D eigenvalue weighted by Gasteiger charge is -2.07. The van der Waals surface area contributed by atoms with E-state index in [1.807, 2.05) is 65.4 Å². The summed E-state index contributed by atoms with van der Waals surface area (Å²) in [5, 5.41) is 1.98. The van der Waals surface area contributed by atoms with Gasteiger partial charge in [-0.25, -0.2) is 9.78 Å². The molecule has 5 rings (SSSR count). The van der Waals surface area contributed by atoms with E-state index in [0.717, 1.165) is 16.9 Å². The van der Waals surface area contributed by atoms with Crippen molar-refractivity contribution in [2.45, 2.75) is 5.16 Å². The second kappa shape index (κ2) is 9.10. The van der Waals surface area contributed by atoms with Crippen LogP contribution in [0.5, 0.6) is 0 Å². The summed E-state index contributed by atoms with van der Waals surface area (Å²) in [6.07, 6.45) is 1.93. The number of carbonyl (C=O) groups is 1. The minimum absolute atomic E-state index is 0.0362. The van der Waals surface area contributed by atoms with Gasteiger partial charge in [0.15, 0.2) is 10.9 Å². The summed E-state index contributed by atoms with van der Waals surface area (Å²) in [6, 6.07) is 25.9. The van der Waals surface area contributed by atoms with Crippen LogP contribution < -0.4 is 5.63 Å². The fraction of sp³-hybridized carbons (Fsp3) is 0.0385. The van der Waals surface area contributed by atoms with E-state index in [1.165, 1.54) is 11.8 Å². The number of ketones is 1. The van der Waals surface area contributed by atoms with Crippen LogP contribution in [0.25, 0.3) is 27.9 Å². The van der Waals surface area contributed by atoms with Crippen molar-refractivity contribution in [1.29, 1.82) is 0 Å². The first kappa shape index (κ1) is 21.2. The summed E-state index contributed by atoms with van der Waals surface area (Å²) < 4.78 is 7.23. The number of nitrogens with zero attached hydrogens (tertiary/aromatic N) is 2. The van der Waals surface area contributed by atoms with E-state index in [0.29, 0.717) is 21.1 Å². The van der Waals surface area contributed by atoms with Gasteiger partial charge in [-0.1, -0.05) is 71.9 Å². The van der Waals surface area contributed by atoms with Gasteiger partial charge in [0.2, 0.25) is 0 Å². The molecule has 162 valence electrons. The molecular formula is C26H17ClN2O3S. The molecule has 7 heteroatoms. The molecule has 2 heterocycles. The summed E-state index contributed by atoms with van der Waals surface area (Å²) in [4.78, 5) is 30.0. The number of benzene rings is 3. The topological polar surface area (TPSA) is 65.1 Å². The van der Waals surface area contributed by atoms with Crippen molar-refractivity contribution in [2.75, 3.05) is 5.75 Å². The van der Waals surface area contributed by atoms with Gasteiger partial charge in [0.1, 0.15) is 11.1 Å². The SMILES string of the molecule is O=C(CSc1nc(-c2ccccc2)cn1-c1ccc(Cl)cc1)c1cc2ccccc2oc1=O. The Morgan fingerprint density at radius 2 is 1.70 bits per heavy atom. The van der Waals surface area contributed by atoms with Crippen molar-refractivity contribution in [2.24, 2.45) is 0 Å². The number of hydrogen-bond donors (Lipinski definition) is 0. The number of para-hydroxylation sites is 1. The van der Waals surface area contributed by atoms with Crippen LogP contribution in [0.4, 0.5) is 0 Å². The predicted molar refractivity (Wildman–Crippen MR) is 132 cm³/mol. The summed E-state index contributed by atoms with van der Waals surface area (Å²) in [5.74, 6) is -0.270. The lowest BCUT2D eigenvalue weighted by molar-refractivity contribution is 0.101. The zero-order valence-corrected chi connectivity index (χ0v) is 18.8. The molecule has 0 aliphatic heterocycles. The molecule has 0 unspecified atom stereocenters. The molecule has 5 nitrogen and oxygen atoms in total. The van der Waals surface area contributed by atoms with Crippen molar-refractivity contribution >= 4 is 40.1 Å². The number of aromatic nitrogens is 2. The van der Waals surface area contributed by atoms with Crippen molar-refractivity contribution in [3.63, 3.8) is 0 Å². The third kappa shape index (κ3) is 4.49. The Bertz CT molecular complexity index is 1510. The number of carbonyl (C=O) groups excluding carboxylic acids is 1. The van der Waals surface area contributed by atoms with Gasteiger partial charge >= 0.3 is 5.63 Å². The average molecular weight is 473 g/mol. The van der Waals surface area contributed by atoms with Crippen LogP contribution in [-0.2, 0) is 0 Å². The Morgan fingerprint density at radius 1 is 0.970 bits per heavy atom. The van der Waals surface area contributed by atoms with E-state index < -0.39 is 5.63 Å². The zero-order chi connectivity index (χ0) is 22.8. The van der Waals surface area contributed by atoms with Gasteiger partial charge in [-0.3, -0.25) is 9.36 Å². The van der Waals surface area contributed by atoms with E-state index in [1.54, 1.807) is 30.3 Å². The number of imidazole rings is 1. The average Bonchev–Trinajstić information content (AvgIpc) is 3.27. The maximum absolute atomic E-state index is 12.9. The molecule has 0 bridgehead atoms. The molecule has 2 aromatic heterocycles. The fourth-order valence-corrected chi connectivity index (χ4v) is 4.47. The summed E-state index contributed by atoms with van der Waals surface area (Å²) in [7, 11) is 0. The quantitative estimate of drug-likeness (QED) is 0.165. The predicted octanol–water partition coefficient (Wildman–Crippen LogP) is 6.27. The van der Waals surface area contributed by atoms with Gasteiger partial charge in [-0.05, 0) is 36.4 Å². The molecule has 0 saturated heterocycles. The molecule has 0 N–H and O–H groups in total. The number of rotatable bonds is 6. The lowest BCUT2D eigenvalue weighted by Crippen LogP contribution is -2.15. The highest BCUT2D eigenvalue weighted by Crippen LogP contribution is 2.28. The largest absolute Gasteiger partial charge is 0.422 e. The molecule has 0 fully saturated rings. The van der Waals surface area contributed by atoms with E-state index in [-0.39, 0.29) is 17.1 Å². The molecule has 0 atom stereocenters. The molecule has 33 heavy (non-hydrogen) atoms. The summed E-state index contributed by atoms with van der Waals surface area (Å²) >= 11 is 7.32. The van der Waals surface area contributed by atoms with Gasteiger partial charge in [-0.2, -0.15) is 0 Å². The molecule has 0 aliphatic rings. The third-order valence-electron chi connectivity index (χ3n) is 5.12. The highest BCUT2D eigenvalue weighted by molar-refractivity contribution is 7.99. The highest BCUT2D eigenvalue weighted by Gasteiger charge is 2.17. The maximum atomic E-state index is 12.9. The van der Waals surface area contributed by atoms with Crippen LogP contribution >= 0.6 is 23.4 Å². The Balaban J connectivity index is 1.47. The third-order valence-corrected chi connectivity index (χ3v) is 6.33. The van der Waals surface area contributed by atoms with Crippen molar-refractivity contribution in [3.05, 3.63) is 112 Å². The Morgan fingerprint density at radius 3 is 2.48 bits per heavy atom. The van der Waals surface area contributed by atoms with Crippen LogP contribution in [0.15, 0.2) is 105 Å². The summed E-state index contributed by atoms with van der Waals surface area (Å²) in [5.41, 5.74) is 2.48. The smallest absolute Gasteiger partial charge is 0.347 e. The number of hydrogen-bond acceptors (Lipinski definition) is 5. The van der Waals surface area contributed by atoms with E-state index in [2.05, 4.69) is 0 Å². The fourth-order valence-electron chi connectivity index (χ4n) is 3.46. The van der Waals surface area contributed by atoms with E-state index in [9.17, 15) is 9.59 Å². The van der Waals surface area contributed by atoms with Gasteiger partial charge in [-0.15, -0.1) is 0 Å². The molecular weight excluding hydrogens is 456 g/mol. The minimum Gasteiger partial charge on any atom is -0.422 e. The molecule has 0 saturated carbocycles. The second-order valence-electron chi connectivity index (χ2n) is 7.32. The van der Waals surface area contributed by atoms with Gasteiger partial charge < -0.3 is 4.42 Å². The van der Waals surface area contributed by atoms with Crippen molar-refractivity contribution in [1.82, 2.24) is 9.55 Å². The maximum Gasteiger partial charge on any atom is 0.347 e. The van der Waals surface area contributed by atoms with Gasteiger partial charge in [0.05, 0.1) is 11.4 Å². The number of Topliss-reactive ketones (excluding diaryl/α,β-unsaturated/α-hetero) is 1. The molecule has 0 spiro atoms. The van der Waals surface area contributed by atoms with Crippen LogP contribution in [0, 0.1) is 0 Å². The number of thioether (sulfide) groups is 1. The second-order valence-corrected chi connectivity index (χ2v) is 8.70. The molecule has 0 amide bonds. The lowest BCUT2D eigenvalue weighted by atomic mass is 10.1. The standard InChI is InChI=1S/C26H17ClN2O3S/c27-19-10-12-20(13-11-19)29-15-22(17-6-2-1-3-7-17)28-26(29)33-16-23(30)21-14-18-8-4-5-9-24(18)32-25(21)31/h1-15H,16H2. The first-order valence-electron chi connectivity index (χ1n) is 10.2. The highest BCUT2D eigenvalue weighted by atomic mass is 35.5. The van der Waals surface area contributed by atoms with Crippen LogP contribution in [0.1, 0.15) is 10.4 Å². The van der Waals surface area contributed by atoms with Crippen LogP contribution in [-0.4, -0.2) is 21.1 Å². The first-order chi connectivity index (χ1) is 16.1. The van der Waals surface area contributed by atoms with Crippen molar-refractivity contribution in [3.8, 4) is 16.9 Å². The van der Waals surface area contributed by atoms with E-state index >= 15 is 0 Å². The first-order valence-corrected chi connectivity index (χ1v) is 11.5. The monoisotopic (exact) mass is 472 g/mol. The molecule has 0 radical (unpaired) electrons. The Labute approximate surface area is 198 Å². The van der Waals surface area contributed by atoms with Crippen LogP contribution in [0.3, 0.4) is 0 Å². The minimum atomic E-state index is -0.634. The molecule has 3 aromatic carbocycles. The Kier molecular flexibility index (Phi) is 5.86. The van der Waals surface area contributed by atoms with E-state index in [4.69, 9.17) is 21.0 Å². The van der Waals surface area contributed by atoms with Crippen molar-refractivity contribution < 1.29 is 9.21 Å². The number of fused-ring (bicyclic) bond motifs is 1. The summed E-state index contributed by atoms with van der Waals surface area (Å²) in [6.45, 7) is 0. The van der Waals surface area contributed by atoms with Gasteiger partial charge in [0, 0.05) is 27.9 Å². The Hall–Kier alpha value is -3.61. The zero-order valence-electron chi connectivity index (χ0n) is 17.3. The normalized spacial score (nSPS) is 11.1. The number of halogens is 1.